The number of benzene rings is 4. The van der Waals surface area contributed by atoms with Gasteiger partial charge >= 0.3 is 19.5 Å². The fraction of sp³-hybridized carbons (Fsp3) is 0.294. The topological polar surface area (TPSA) is 57.2 Å². The Labute approximate surface area is 453 Å². The van der Waals surface area contributed by atoms with Crippen LogP contribution in [0.1, 0.15) is 157 Å². The number of hydrogen-bond donors (Lipinski definition) is 0. The van der Waals surface area contributed by atoms with Gasteiger partial charge in [-0.1, -0.05) is 179 Å². The molecule has 8 bridgehead atoms. The van der Waals surface area contributed by atoms with E-state index in [1.165, 1.54) is 73.7 Å². The van der Waals surface area contributed by atoms with Crippen LogP contribution in [0.25, 0.3) is 46.4 Å². The average Bonchev–Trinajstić information content (AvgIpc) is 4.29. The van der Waals surface area contributed by atoms with E-state index in [9.17, 15) is 0 Å². The molecular weight excluding hydrogens is 952 g/mol. The van der Waals surface area contributed by atoms with Gasteiger partial charge in [-0.05, 0) is 148 Å². The minimum Gasteiger partial charge on any atom is -0.656 e. The van der Waals surface area contributed by atoms with Crippen LogP contribution in [-0.2, 0) is 45.2 Å². The molecule has 0 amide bonds. The van der Waals surface area contributed by atoms with Gasteiger partial charge in [-0.15, -0.1) is 22.1 Å². The number of anilines is 1. The second-order valence-electron chi connectivity index (χ2n) is 19.6. The minimum atomic E-state index is 0. The van der Waals surface area contributed by atoms with Gasteiger partial charge in [-0.3, -0.25) is 0 Å². The summed E-state index contributed by atoms with van der Waals surface area (Å²) in [5.74, 6) is 14.2. The molecular formula is C68H69N5Zn. The summed E-state index contributed by atoms with van der Waals surface area (Å²) in [5.41, 5.74) is 17.7. The molecule has 9 rings (SSSR count). The maximum absolute atomic E-state index is 5.44. The van der Waals surface area contributed by atoms with E-state index in [2.05, 4.69) is 207 Å². The van der Waals surface area contributed by atoms with Crippen LogP contribution >= 0.6 is 0 Å². The molecule has 0 atom stereocenters. The Kier molecular flexibility index (Phi) is 19.7. The molecule has 0 saturated carbocycles. The molecule has 0 N–H and O–H groups in total. The zero-order valence-corrected chi connectivity index (χ0v) is 46.9. The molecule has 0 fully saturated rings. The second kappa shape index (κ2) is 27.4. The number of unbranched alkanes of at least 4 members (excludes halogenated alkanes) is 7. The van der Waals surface area contributed by atoms with Crippen LogP contribution in [0, 0.1) is 30.6 Å². The molecule has 5 nitrogen and oxygen atoms in total. The summed E-state index contributed by atoms with van der Waals surface area (Å²) in [6, 6.07) is 47.3. The van der Waals surface area contributed by atoms with Gasteiger partial charge in [0.15, 0.2) is 0 Å². The molecule has 7 aromatic rings. The summed E-state index contributed by atoms with van der Waals surface area (Å²) in [6.45, 7) is 8.85. The standard InChI is InChI=1S/C68H69N5.Zn/c1-4-6-8-18-49-73(50-19-9-7-5-2)56-37-33-55(34-38-56)36-40-60-66-46-42-62(70-66)57(27-17-16-25-52-21-12-10-13-22-52)61-41-45-65(69-61)59(39-35-54-31-29-51(3)30-32-54)67-47-43-63(71-67)58(64-44-48-68(60)72-64)28-20-26-53-23-14-11-15-24-53;/h10-15,21-24,29-34,37-38,41-48H,4-9,16-20,25-28,49-50H2,1-3H3;/q-2;+2. The number of nitrogens with zero attached hydrogens (tertiary/aromatic N) is 5. The molecule has 2 aliphatic rings. The Morgan fingerprint density at radius 1 is 0.405 bits per heavy atom. The van der Waals surface area contributed by atoms with Crippen molar-refractivity contribution < 1.29 is 19.5 Å². The van der Waals surface area contributed by atoms with Gasteiger partial charge in [0, 0.05) is 41.0 Å². The molecule has 4 aromatic carbocycles. The number of aryl methyl sites for hydroxylation is 5. The summed E-state index contributed by atoms with van der Waals surface area (Å²) in [4.78, 5) is 24.2. The summed E-state index contributed by atoms with van der Waals surface area (Å²) < 4.78 is 0. The van der Waals surface area contributed by atoms with Crippen LogP contribution in [0.2, 0.25) is 0 Å². The summed E-state index contributed by atoms with van der Waals surface area (Å²) in [7, 11) is 0. The molecule has 2 aliphatic heterocycles. The van der Waals surface area contributed by atoms with Crippen molar-refractivity contribution in [3.8, 4) is 23.7 Å². The maximum atomic E-state index is 5.44. The molecule has 6 heteroatoms. The summed E-state index contributed by atoms with van der Waals surface area (Å²) >= 11 is 0. The van der Waals surface area contributed by atoms with Crippen LogP contribution < -0.4 is 14.9 Å². The number of hydrogen-bond acceptors (Lipinski definition) is 3. The Morgan fingerprint density at radius 2 is 0.838 bits per heavy atom. The molecule has 5 heterocycles. The van der Waals surface area contributed by atoms with Crippen molar-refractivity contribution in [3.63, 3.8) is 0 Å². The molecule has 0 spiro atoms. The van der Waals surface area contributed by atoms with Crippen LogP contribution in [0.15, 0.2) is 133 Å². The normalized spacial score (nSPS) is 11.4. The second-order valence-corrected chi connectivity index (χ2v) is 19.6. The van der Waals surface area contributed by atoms with Crippen molar-refractivity contribution in [3.05, 3.63) is 206 Å². The van der Waals surface area contributed by atoms with Crippen molar-refractivity contribution in [2.75, 3.05) is 18.0 Å². The third kappa shape index (κ3) is 14.4. The number of aromatic nitrogens is 4. The van der Waals surface area contributed by atoms with Crippen molar-refractivity contribution in [2.24, 2.45) is 0 Å². The Balaban J connectivity index is 0.00000729. The Bertz CT molecular complexity index is 3290. The first kappa shape index (κ1) is 53.3. The van der Waals surface area contributed by atoms with E-state index < -0.39 is 0 Å². The van der Waals surface area contributed by atoms with Gasteiger partial charge in [0.2, 0.25) is 0 Å². The third-order valence-electron chi connectivity index (χ3n) is 14.1. The van der Waals surface area contributed by atoms with Crippen molar-refractivity contribution in [1.82, 2.24) is 19.9 Å². The maximum Gasteiger partial charge on any atom is 2.00 e. The molecule has 0 aliphatic carbocycles. The van der Waals surface area contributed by atoms with Gasteiger partial charge < -0.3 is 14.9 Å². The summed E-state index contributed by atoms with van der Waals surface area (Å²) in [6.07, 6.45) is 25.2. The predicted molar refractivity (Wildman–Crippen MR) is 308 cm³/mol. The molecule has 368 valence electrons. The van der Waals surface area contributed by atoms with Gasteiger partial charge in [0.25, 0.3) is 0 Å². The monoisotopic (exact) mass is 1020 g/mol. The first-order valence-electron chi connectivity index (χ1n) is 27.1. The fourth-order valence-corrected chi connectivity index (χ4v) is 9.85. The van der Waals surface area contributed by atoms with Gasteiger partial charge in [0.1, 0.15) is 0 Å². The molecule has 0 unspecified atom stereocenters. The Morgan fingerprint density at radius 3 is 1.34 bits per heavy atom. The van der Waals surface area contributed by atoms with Crippen LogP contribution in [0.3, 0.4) is 0 Å². The van der Waals surface area contributed by atoms with E-state index in [1.54, 1.807) is 0 Å². The molecule has 0 radical (unpaired) electrons. The van der Waals surface area contributed by atoms with E-state index in [0.717, 1.165) is 136 Å². The van der Waals surface area contributed by atoms with E-state index in [4.69, 9.17) is 19.9 Å². The van der Waals surface area contributed by atoms with Gasteiger partial charge in [0.05, 0.1) is 22.8 Å². The van der Waals surface area contributed by atoms with Gasteiger partial charge in [-0.2, -0.15) is 0 Å². The van der Waals surface area contributed by atoms with Crippen LogP contribution in [0.5, 0.6) is 0 Å². The molecule has 0 saturated heterocycles. The zero-order valence-electron chi connectivity index (χ0n) is 44.0. The smallest absolute Gasteiger partial charge is 0.656 e. The van der Waals surface area contributed by atoms with E-state index in [1.807, 2.05) is 0 Å². The number of rotatable bonds is 20. The first-order valence-corrected chi connectivity index (χ1v) is 27.1. The third-order valence-corrected chi connectivity index (χ3v) is 14.1. The quantitative estimate of drug-likeness (QED) is 0.0432. The van der Waals surface area contributed by atoms with Crippen molar-refractivity contribution in [2.45, 2.75) is 117 Å². The zero-order chi connectivity index (χ0) is 50.0. The van der Waals surface area contributed by atoms with Crippen LogP contribution in [-0.4, -0.2) is 23.1 Å². The SMILES string of the molecule is CCCCCCN(CCCCCC)c1ccc(C#Cc2c3nc(c(CCCCc4ccccc4)c4ccc([n-]4)c(C#Cc4ccc(C)cc4)c4nc(c(CCCc5ccccc5)c5ccc2[n-]5)C=C4)C=C3)cc1.[Zn+2]. The average molecular weight is 1020 g/mol. The first-order chi connectivity index (χ1) is 36.0. The Hall–Kier alpha value is -6.98. The van der Waals surface area contributed by atoms with Crippen molar-refractivity contribution in [1.29, 1.82) is 0 Å². The predicted octanol–water partition coefficient (Wildman–Crippen LogP) is 15.7. The fourth-order valence-electron chi connectivity index (χ4n) is 9.85. The largest absolute Gasteiger partial charge is 2.00 e. The van der Waals surface area contributed by atoms with Gasteiger partial charge in [-0.25, -0.2) is 9.97 Å². The van der Waals surface area contributed by atoms with Crippen molar-refractivity contribution >= 4 is 52.1 Å². The minimum absolute atomic E-state index is 0. The van der Waals surface area contributed by atoms with E-state index >= 15 is 0 Å². The number of fused-ring (bicyclic) bond motifs is 8. The summed E-state index contributed by atoms with van der Waals surface area (Å²) in [5, 5.41) is 0. The molecule has 3 aromatic heterocycles. The van der Waals surface area contributed by atoms with E-state index in [0.29, 0.717) is 0 Å². The van der Waals surface area contributed by atoms with Crippen LogP contribution in [0.4, 0.5) is 5.69 Å². The van der Waals surface area contributed by atoms with E-state index in [-0.39, 0.29) is 19.5 Å². The molecule has 74 heavy (non-hydrogen) atoms.